The van der Waals surface area contributed by atoms with E-state index in [4.69, 9.17) is 10.5 Å². The van der Waals surface area contributed by atoms with Crippen molar-refractivity contribution in [3.63, 3.8) is 0 Å². The van der Waals surface area contributed by atoms with E-state index < -0.39 is 58.6 Å². The number of benzene rings is 2. The lowest BCUT2D eigenvalue weighted by Gasteiger charge is -2.31. The Kier molecular flexibility index (Phi) is 6.25. The number of primary amides is 1. The van der Waals surface area contributed by atoms with Crippen LogP contribution in [-0.4, -0.2) is 51.4 Å². The third-order valence-corrected chi connectivity index (χ3v) is 6.87. The number of aliphatic hydroxyl groups is 1. The van der Waals surface area contributed by atoms with Crippen LogP contribution in [0.15, 0.2) is 48.5 Å². The molecule has 3 heterocycles. The maximum atomic E-state index is 14.5. The second kappa shape index (κ2) is 9.26. The summed E-state index contributed by atoms with van der Waals surface area (Å²) in [4.78, 5) is 29.1. The highest BCUT2D eigenvalue weighted by Gasteiger charge is 2.57. The molecule has 5 N–H and O–H groups in total. The molecule has 0 saturated heterocycles. The predicted octanol–water partition coefficient (Wildman–Crippen LogP) is 3.22. The minimum atomic E-state index is -5.40. The fraction of sp³-hybridized carbons (Fsp3) is 0.231. The number of hydrogen-bond acceptors (Lipinski definition) is 6. The number of pyridine rings is 1. The normalized spacial score (nSPS) is 18.2. The predicted molar refractivity (Wildman–Crippen MR) is 130 cm³/mol. The number of nitrogens with one attached hydrogen (secondary N) is 2. The molecule has 2 amide bonds. The first kappa shape index (κ1) is 27.0. The van der Waals surface area contributed by atoms with Gasteiger partial charge in [-0.2, -0.15) is 18.3 Å². The first-order chi connectivity index (χ1) is 18.7. The number of rotatable bonds is 6. The van der Waals surface area contributed by atoms with Crippen molar-refractivity contribution in [2.24, 2.45) is 5.73 Å². The number of aromatic nitrogens is 3. The number of H-pyrrole nitrogens is 1. The Morgan fingerprint density at radius 3 is 2.45 bits per heavy atom. The standard InChI is InChI=1S/C26H20F5N5O4/c1-24(23(32)38)11-40-21-16(24)9-18(34-19(21)12-2-4-13(27)5-3-12)25(39,26(29,30)31)10-33-22(37)20-15-8-14(28)6-7-17(15)35-36-20/h2-9,39H,10-11H2,1H3,(H2,32,38)(H,33,37)(H,35,36)/t24-,25?/m0/s1. The van der Waals surface area contributed by atoms with E-state index in [1.165, 1.54) is 25.1 Å². The number of nitrogens with two attached hydrogens (primary N) is 1. The van der Waals surface area contributed by atoms with Crippen molar-refractivity contribution in [3.05, 3.63) is 77.1 Å². The largest absolute Gasteiger partial charge is 0.489 e. The maximum Gasteiger partial charge on any atom is 0.424 e. The van der Waals surface area contributed by atoms with Gasteiger partial charge in [0.15, 0.2) is 5.69 Å². The Morgan fingerprint density at radius 1 is 1.12 bits per heavy atom. The SMILES string of the molecule is C[C@]1(C(N)=O)COc2c1cc(C(O)(CNC(=O)c1n[nH]c3ccc(F)cc13)C(F)(F)F)nc2-c1ccc(F)cc1. The molecule has 0 fully saturated rings. The molecule has 0 aliphatic carbocycles. The van der Waals surface area contributed by atoms with Gasteiger partial charge in [0.25, 0.3) is 5.91 Å². The lowest BCUT2D eigenvalue weighted by molar-refractivity contribution is -0.265. The van der Waals surface area contributed by atoms with Crippen molar-refractivity contribution in [3.8, 4) is 17.0 Å². The van der Waals surface area contributed by atoms with E-state index in [0.29, 0.717) is 0 Å². The van der Waals surface area contributed by atoms with E-state index in [1.807, 2.05) is 5.32 Å². The molecule has 208 valence electrons. The van der Waals surface area contributed by atoms with Crippen LogP contribution in [0.3, 0.4) is 0 Å². The summed E-state index contributed by atoms with van der Waals surface area (Å²) < 4.78 is 76.4. The third-order valence-electron chi connectivity index (χ3n) is 6.87. The van der Waals surface area contributed by atoms with Crippen LogP contribution in [-0.2, 0) is 15.8 Å². The summed E-state index contributed by atoms with van der Waals surface area (Å²) in [5.74, 6) is -3.43. The topological polar surface area (TPSA) is 143 Å². The highest BCUT2D eigenvalue weighted by molar-refractivity contribution is 6.04. The number of amides is 2. The third kappa shape index (κ3) is 4.29. The highest BCUT2D eigenvalue weighted by atomic mass is 19.4. The van der Waals surface area contributed by atoms with Crippen LogP contribution < -0.4 is 15.8 Å². The first-order valence-corrected chi connectivity index (χ1v) is 11.7. The average Bonchev–Trinajstić information content (AvgIpc) is 3.48. The minimum Gasteiger partial charge on any atom is -0.489 e. The van der Waals surface area contributed by atoms with E-state index >= 15 is 0 Å². The molecule has 1 unspecified atom stereocenters. The Hall–Kier alpha value is -4.59. The van der Waals surface area contributed by atoms with E-state index in [9.17, 15) is 36.6 Å². The zero-order chi connectivity index (χ0) is 29.0. The van der Waals surface area contributed by atoms with Crippen LogP contribution in [0.4, 0.5) is 22.0 Å². The monoisotopic (exact) mass is 561 g/mol. The molecule has 1 aliphatic heterocycles. The molecule has 4 aromatic rings. The smallest absolute Gasteiger partial charge is 0.424 e. The Bertz CT molecular complexity index is 1660. The summed E-state index contributed by atoms with van der Waals surface area (Å²) in [5.41, 5.74) is -1.11. The molecule has 2 aromatic heterocycles. The van der Waals surface area contributed by atoms with Crippen LogP contribution in [0, 0.1) is 11.6 Å². The van der Waals surface area contributed by atoms with Crippen molar-refractivity contribution in [1.82, 2.24) is 20.5 Å². The molecule has 0 bridgehead atoms. The average molecular weight is 561 g/mol. The van der Waals surface area contributed by atoms with Crippen LogP contribution in [0.25, 0.3) is 22.2 Å². The zero-order valence-electron chi connectivity index (χ0n) is 20.6. The molecule has 5 rings (SSSR count). The number of aromatic amines is 1. The lowest BCUT2D eigenvalue weighted by Crippen LogP contribution is -2.52. The summed E-state index contributed by atoms with van der Waals surface area (Å²) in [5, 5.41) is 19.3. The van der Waals surface area contributed by atoms with E-state index in [-0.39, 0.29) is 40.1 Å². The fourth-order valence-electron chi connectivity index (χ4n) is 4.39. The minimum absolute atomic E-state index is 0.0108. The molecule has 2 atom stereocenters. The van der Waals surface area contributed by atoms with Gasteiger partial charge in [-0.1, -0.05) is 0 Å². The van der Waals surface area contributed by atoms with Gasteiger partial charge in [-0.25, -0.2) is 13.8 Å². The van der Waals surface area contributed by atoms with Gasteiger partial charge in [0.05, 0.1) is 17.8 Å². The van der Waals surface area contributed by atoms with Gasteiger partial charge >= 0.3 is 6.18 Å². The Morgan fingerprint density at radius 2 is 1.80 bits per heavy atom. The second-order valence-corrected chi connectivity index (χ2v) is 9.53. The summed E-state index contributed by atoms with van der Waals surface area (Å²) in [6.45, 7) is -0.390. The van der Waals surface area contributed by atoms with Crippen LogP contribution in [0.5, 0.6) is 5.75 Å². The molecule has 9 nitrogen and oxygen atoms in total. The number of carbonyl (C=O) groups excluding carboxylic acids is 2. The van der Waals surface area contributed by atoms with Gasteiger partial charge < -0.3 is 20.9 Å². The quantitative estimate of drug-likeness (QED) is 0.266. The lowest BCUT2D eigenvalue weighted by atomic mass is 9.81. The fourth-order valence-corrected chi connectivity index (χ4v) is 4.39. The van der Waals surface area contributed by atoms with Crippen LogP contribution in [0.2, 0.25) is 0 Å². The number of halogens is 5. The van der Waals surface area contributed by atoms with Crippen LogP contribution >= 0.6 is 0 Å². The molecule has 0 radical (unpaired) electrons. The number of carbonyl (C=O) groups is 2. The van der Waals surface area contributed by atoms with Gasteiger partial charge in [0, 0.05) is 16.5 Å². The Balaban J connectivity index is 1.60. The highest BCUT2D eigenvalue weighted by Crippen LogP contribution is 2.47. The van der Waals surface area contributed by atoms with Gasteiger partial charge in [0.2, 0.25) is 11.5 Å². The van der Waals surface area contributed by atoms with Crippen molar-refractivity contribution >= 4 is 22.7 Å². The van der Waals surface area contributed by atoms with E-state index in [0.717, 1.165) is 30.3 Å². The summed E-state index contributed by atoms with van der Waals surface area (Å²) in [6.07, 6.45) is -5.40. The Labute approximate surface area is 222 Å². The van der Waals surface area contributed by atoms with Crippen molar-refractivity contribution in [1.29, 1.82) is 0 Å². The molecule has 0 spiro atoms. The maximum absolute atomic E-state index is 14.5. The zero-order valence-corrected chi connectivity index (χ0v) is 20.6. The number of nitrogens with zero attached hydrogens (tertiary/aromatic N) is 2. The molecular formula is C26H20F5N5O4. The number of ether oxygens (including phenoxy) is 1. The summed E-state index contributed by atoms with van der Waals surface area (Å²) in [6, 6.07) is 8.79. The molecule has 2 aromatic carbocycles. The van der Waals surface area contributed by atoms with Crippen LogP contribution in [0.1, 0.15) is 28.7 Å². The van der Waals surface area contributed by atoms with Crippen molar-refractivity contribution in [2.75, 3.05) is 13.2 Å². The van der Waals surface area contributed by atoms with Crippen molar-refractivity contribution < 1.29 is 41.4 Å². The molecular weight excluding hydrogens is 541 g/mol. The van der Waals surface area contributed by atoms with Gasteiger partial charge in [-0.05, 0) is 55.5 Å². The van der Waals surface area contributed by atoms with E-state index in [1.54, 1.807) is 0 Å². The molecule has 0 saturated carbocycles. The van der Waals surface area contributed by atoms with Gasteiger partial charge in [0.1, 0.15) is 35.1 Å². The summed E-state index contributed by atoms with van der Waals surface area (Å²) in [7, 11) is 0. The molecule has 40 heavy (non-hydrogen) atoms. The molecule has 14 heteroatoms. The summed E-state index contributed by atoms with van der Waals surface area (Å²) >= 11 is 0. The second-order valence-electron chi connectivity index (χ2n) is 9.53. The first-order valence-electron chi connectivity index (χ1n) is 11.7. The van der Waals surface area contributed by atoms with Crippen molar-refractivity contribution in [2.45, 2.75) is 24.1 Å². The number of fused-ring (bicyclic) bond motifs is 2. The number of alkyl halides is 3. The van der Waals surface area contributed by atoms with E-state index in [2.05, 4.69) is 15.2 Å². The number of hydrogen-bond donors (Lipinski definition) is 4. The van der Waals surface area contributed by atoms with Gasteiger partial charge in [-0.3, -0.25) is 14.7 Å². The van der Waals surface area contributed by atoms with Gasteiger partial charge in [-0.15, -0.1) is 0 Å². The molecule has 1 aliphatic rings.